The quantitative estimate of drug-likeness (QED) is 0.797. The van der Waals surface area contributed by atoms with Gasteiger partial charge in [-0.2, -0.15) is 9.40 Å². The van der Waals surface area contributed by atoms with Gasteiger partial charge in [0.1, 0.15) is 6.04 Å². The van der Waals surface area contributed by atoms with E-state index in [1.165, 1.54) is 4.31 Å². The molecule has 1 aromatic heterocycles. The molecular formula is C18H24N4O3S. The summed E-state index contributed by atoms with van der Waals surface area (Å²) in [7, 11) is -3.36. The molecule has 1 aromatic carbocycles. The third-order valence-corrected chi connectivity index (χ3v) is 6.53. The molecule has 2 aromatic rings. The van der Waals surface area contributed by atoms with Gasteiger partial charge in [-0.3, -0.25) is 4.79 Å². The monoisotopic (exact) mass is 376 g/mol. The van der Waals surface area contributed by atoms with Crippen LogP contribution in [-0.2, 0) is 21.4 Å². The molecule has 0 aliphatic carbocycles. The van der Waals surface area contributed by atoms with Crippen molar-refractivity contribution in [1.82, 2.24) is 19.4 Å². The predicted octanol–water partition coefficient (Wildman–Crippen LogP) is 1.69. The minimum absolute atomic E-state index is 0.0840. The van der Waals surface area contributed by atoms with Gasteiger partial charge in [0, 0.05) is 24.8 Å². The maximum Gasteiger partial charge on any atom is 0.238 e. The van der Waals surface area contributed by atoms with Crippen LogP contribution in [0.3, 0.4) is 0 Å². The zero-order chi connectivity index (χ0) is 18.6. The smallest absolute Gasteiger partial charge is 0.238 e. The second-order valence-electron chi connectivity index (χ2n) is 6.43. The lowest BCUT2D eigenvalue weighted by molar-refractivity contribution is -0.124. The largest absolute Gasteiger partial charge is 0.351 e. The number of benzene rings is 1. The van der Waals surface area contributed by atoms with Crippen LogP contribution in [0.4, 0.5) is 0 Å². The number of sulfonamides is 1. The Morgan fingerprint density at radius 2 is 2.08 bits per heavy atom. The molecule has 1 aliphatic rings. The van der Waals surface area contributed by atoms with Crippen LogP contribution in [0.1, 0.15) is 31.7 Å². The van der Waals surface area contributed by atoms with Crippen molar-refractivity contribution in [3.63, 3.8) is 0 Å². The SMILES string of the molecule is CCCS(=O)(=O)N1CCCC1C(=O)NCc1cnn(-c2ccccc2)c1. The van der Waals surface area contributed by atoms with Gasteiger partial charge in [0.2, 0.25) is 15.9 Å². The summed E-state index contributed by atoms with van der Waals surface area (Å²) >= 11 is 0. The average molecular weight is 376 g/mol. The second-order valence-corrected chi connectivity index (χ2v) is 8.47. The van der Waals surface area contributed by atoms with E-state index < -0.39 is 16.1 Å². The van der Waals surface area contributed by atoms with E-state index in [0.29, 0.717) is 32.4 Å². The zero-order valence-electron chi connectivity index (χ0n) is 14.8. The summed E-state index contributed by atoms with van der Waals surface area (Å²) in [4.78, 5) is 12.5. The first-order valence-electron chi connectivity index (χ1n) is 8.87. The summed E-state index contributed by atoms with van der Waals surface area (Å²) in [5.41, 5.74) is 1.81. The van der Waals surface area contributed by atoms with E-state index >= 15 is 0 Å². The summed E-state index contributed by atoms with van der Waals surface area (Å²) in [6.45, 7) is 2.57. The van der Waals surface area contributed by atoms with Gasteiger partial charge in [0.25, 0.3) is 0 Å². The van der Waals surface area contributed by atoms with Gasteiger partial charge in [-0.25, -0.2) is 13.1 Å². The fourth-order valence-electron chi connectivity index (χ4n) is 3.19. The number of nitrogens with one attached hydrogen (secondary N) is 1. The molecule has 3 rings (SSSR count). The van der Waals surface area contributed by atoms with Gasteiger partial charge >= 0.3 is 0 Å². The number of aromatic nitrogens is 2. The Bertz CT molecular complexity index is 848. The van der Waals surface area contributed by atoms with Crippen LogP contribution < -0.4 is 5.32 Å². The molecule has 0 bridgehead atoms. The molecule has 1 amide bonds. The molecule has 7 nitrogen and oxygen atoms in total. The lowest BCUT2D eigenvalue weighted by Crippen LogP contribution is -2.46. The van der Waals surface area contributed by atoms with Gasteiger partial charge in [-0.15, -0.1) is 0 Å². The van der Waals surface area contributed by atoms with Crippen molar-refractivity contribution < 1.29 is 13.2 Å². The third-order valence-electron chi connectivity index (χ3n) is 4.45. The van der Waals surface area contributed by atoms with Crippen LogP contribution >= 0.6 is 0 Å². The maximum atomic E-state index is 12.5. The molecule has 0 spiro atoms. The van der Waals surface area contributed by atoms with Gasteiger partial charge in [-0.05, 0) is 31.4 Å². The van der Waals surface area contributed by atoms with Crippen molar-refractivity contribution >= 4 is 15.9 Å². The Morgan fingerprint density at radius 3 is 2.81 bits per heavy atom. The first-order valence-corrected chi connectivity index (χ1v) is 10.5. The number of rotatable bonds is 7. The Kier molecular flexibility index (Phi) is 5.73. The Morgan fingerprint density at radius 1 is 1.31 bits per heavy atom. The number of nitrogens with zero attached hydrogens (tertiary/aromatic N) is 3. The van der Waals surface area contributed by atoms with Crippen molar-refractivity contribution in [2.45, 2.75) is 38.8 Å². The molecule has 1 fully saturated rings. The number of carbonyl (C=O) groups excluding carboxylic acids is 1. The molecule has 140 valence electrons. The minimum atomic E-state index is -3.36. The number of amides is 1. The summed E-state index contributed by atoms with van der Waals surface area (Å²) in [5, 5.41) is 7.15. The van der Waals surface area contributed by atoms with Crippen molar-refractivity contribution in [3.05, 3.63) is 48.3 Å². The van der Waals surface area contributed by atoms with E-state index in [-0.39, 0.29) is 11.7 Å². The lowest BCUT2D eigenvalue weighted by atomic mass is 10.2. The molecule has 1 aliphatic heterocycles. The molecule has 1 N–H and O–H groups in total. The molecule has 26 heavy (non-hydrogen) atoms. The van der Waals surface area contributed by atoms with Gasteiger partial charge in [-0.1, -0.05) is 25.1 Å². The fraction of sp³-hybridized carbons (Fsp3) is 0.444. The van der Waals surface area contributed by atoms with Crippen LogP contribution in [0.2, 0.25) is 0 Å². The van der Waals surface area contributed by atoms with Crippen LogP contribution in [0.5, 0.6) is 0 Å². The molecule has 1 unspecified atom stereocenters. The number of para-hydroxylation sites is 1. The summed E-state index contributed by atoms with van der Waals surface area (Å²) in [5.74, 6) is -0.157. The minimum Gasteiger partial charge on any atom is -0.351 e. The van der Waals surface area contributed by atoms with Crippen molar-refractivity contribution in [2.24, 2.45) is 0 Å². The molecule has 0 saturated carbocycles. The average Bonchev–Trinajstić information content (AvgIpc) is 3.30. The molecule has 1 saturated heterocycles. The van der Waals surface area contributed by atoms with E-state index in [1.54, 1.807) is 10.9 Å². The first kappa shape index (κ1) is 18.6. The number of hydrogen-bond donors (Lipinski definition) is 1. The lowest BCUT2D eigenvalue weighted by Gasteiger charge is -2.23. The second kappa shape index (κ2) is 8.01. The van der Waals surface area contributed by atoms with Crippen LogP contribution in [-0.4, -0.2) is 46.8 Å². The maximum absolute atomic E-state index is 12.5. The predicted molar refractivity (Wildman–Crippen MR) is 99.2 cm³/mol. The fourth-order valence-corrected chi connectivity index (χ4v) is 4.94. The summed E-state index contributed by atoms with van der Waals surface area (Å²) in [6, 6.07) is 9.10. The van der Waals surface area contributed by atoms with Crippen LogP contribution in [0, 0.1) is 0 Å². The highest BCUT2D eigenvalue weighted by Gasteiger charge is 2.37. The number of hydrogen-bond acceptors (Lipinski definition) is 4. The molecule has 2 heterocycles. The number of carbonyl (C=O) groups is 1. The van der Waals surface area contributed by atoms with Crippen LogP contribution in [0.15, 0.2) is 42.7 Å². The van der Waals surface area contributed by atoms with Gasteiger partial charge in [0.05, 0.1) is 17.6 Å². The third kappa shape index (κ3) is 4.13. The topological polar surface area (TPSA) is 84.3 Å². The standard InChI is InChI=1S/C18H24N4O3S/c1-2-11-26(24,25)22-10-6-9-17(22)18(23)19-12-15-13-20-21(14-15)16-7-4-3-5-8-16/h3-5,7-8,13-14,17H,2,6,9-12H2,1H3,(H,19,23). The van der Waals surface area contributed by atoms with Crippen molar-refractivity contribution in [2.75, 3.05) is 12.3 Å². The summed E-state index contributed by atoms with van der Waals surface area (Å²) in [6.07, 6.45) is 5.39. The van der Waals surface area contributed by atoms with Crippen molar-refractivity contribution in [3.8, 4) is 5.69 Å². The van der Waals surface area contributed by atoms with Crippen LogP contribution in [0.25, 0.3) is 5.69 Å². The van der Waals surface area contributed by atoms with Crippen molar-refractivity contribution in [1.29, 1.82) is 0 Å². The molecule has 1 atom stereocenters. The van der Waals surface area contributed by atoms with Gasteiger partial charge < -0.3 is 5.32 Å². The summed E-state index contributed by atoms with van der Waals surface area (Å²) < 4.78 is 27.7. The molecular weight excluding hydrogens is 352 g/mol. The molecule has 8 heteroatoms. The Labute approximate surface area is 154 Å². The molecule has 0 radical (unpaired) electrons. The van der Waals surface area contributed by atoms with E-state index in [1.807, 2.05) is 43.5 Å². The van der Waals surface area contributed by atoms with E-state index in [9.17, 15) is 13.2 Å². The normalized spacial score (nSPS) is 18.1. The van der Waals surface area contributed by atoms with E-state index in [4.69, 9.17) is 0 Å². The van der Waals surface area contributed by atoms with E-state index in [2.05, 4.69) is 10.4 Å². The van der Waals surface area contributed by atoms with E-state index in [0.717, 1.165) is 11.3 Å². The highest BCUT2D eigenvalue weighted by molar-refractivity contribution is 7.89. The Balaban J connectivity index is 1.61. The Hall–Kier alpha value is -2.19. The highest BCUT2D eigenvalue weighted by atomic mass is 32.2. The highest BCUT2D eigenvalue weighted by Crippen LogP contribution is 2.22. The zero-order valence-corrected chi connectivity index (χ0v) is 15.7. The van der Waals surface area contributed by atoms with Gasteiger partial charge in [0.15, 0.2) is 0 Å². The first-order chi connectivity index (χ1) is 12.5.